The number of hydrogen-bond acceptors (Lipinski definition) is 4. The van der Waals surface area contributed by atoms with Gasteiger partial charge in [-0.1, -0.05) is 41.9 Å². The van der Waals surface area contributed by atoms with Crippen LogP contribution in [0.5, 0.6) is 0 Å². The maximum absolute atomic E-state index is 5.91. The number of aromatic amines is 1. The largest absolute Gasteiger partial charge is 0.361 e. The number of H-pyrrole nitrogens is 1. The summed E-state index contributed by atoms with van der Waals surface area (Å²) in [6.07, 6.45) is 3.74. The van der Waals surface area contributed by atoms with Gasteiger partial charge in [-0.05, 0) is 18.2 Å². The van der Waals surface area contributed by atoms with E-state index in [-0.39, 0.29) is 0 Å². The van der Waals surface area contributed by atoms with E-state index in [0.29, 0.717) is 0 Å². The van der Waals surface area contributed by atoms with Gasteiger partial charge in [-0.15, -0.1) is 11.3 Å². The summed E-state index contributed by atoms with van der Waals surface area (Å²) >= 11 is 7.42. The maximum Gasteiger partial charge on any atom is 0.203 e. The molecule has 0 saturated carbocycles. The number of hydrazone groups is 1. The van der Waals surface area contributed by atoms with Crippen LogP contribution in [0, 0.1) is 0 Å². The molecule has 2 N–H and O–H groups in total. The van der Waals surface area contributed by atoms with Crippen molar-refractivity contribution in [3.05, 3.63) is 70.7 Å². The summed E-state index contributed by atoms with van der Waals surface area (Å²) < 4.78 is 0. The number of fused-ring (bicyclic) bond motifs is 1. The van der Waals surface area contributed by atoms with Crippen molar-refractivity contribution in [1.29, 1.82) is 0 Å². The molecule has 0 radical (unpaired) electrons. The SMILES string of the molecule is Clc1ccc(-c2csc(N/N=C/c3c[nH]c4ccccc34)n2)cc1. The Morgan fingerprint density at radius 1 is 1.12 bits per heavy atom. The Balaban J connectivity index is 1.49. The molecule has 0 aliphatic heterocycles. The molecule has 2 aromatic heterocycles. The van der Waals surface area contributed by atoms with E-state index in [4.69, 9.17) is 11.6 Å². The number of nitrogens with zero attached hydrogens (tertiary/aromatic N) is 2. The molecule has 0 atom stereocenters. The highest BCUT2D eigenvalue weighted by molar-refractivity contribution is 7.14. The first kappa shape index (κ1) is 14.9. The number of nitrogens with one attached hydrogen (secondary N) is 2. The normalized spacial score (nSPS) is 11.4. The van der Waals surface area contributed by atoms with Gasteiger partial charge in [0, 0.05) is 38.6 Å². The van der Waals surface area contributed by atoms with Crippen LogP contribution in [0.2, 0.25) is 5.02 Å². The number of halogens is 1. The third-order valence-electron chi connectivity index (χ3n) is 3.63. The van der Waals surface area contributed by atoms with Crippen LogP contribution in [0.4, 0.5) is 5.13 Å². The topological polar surface area (TPSA) is 53.1 Å². The smallest absolute Gasteiger partial charge is 0.203 e. The van der Waals surface area contributed by atoms with Crippen LogP contribution >= 0.6 is 22.9 Å². The molecule has 4 aromatic rings. The van der Waals surface area contributed by atoms with Gasteiger partial charge in [0.2, 0.25) is 5.13 Å². The number of benzene rings is 2. The molecule has 0 fully saturated rings. The molecule has 0 aliphatic carbocycles. The predicted molar refractivity (Wildman–Crippen MR) is 102 cm³/mol. The van der Waals surface area contributed by atoms with Crippen molar-refractivity contribution in [3.8, 4) is 11.3 Å². The lowest BCUT2D eigenvalue weighted by Gasteiger charge is -1.96. The second-order valence-corrected chi connectivity index (χ2v) is 6.50. The third kappa shape index (κ3) is 3.04. The Hall–Kier alpha value is -2.63. The van der Waals surface area contributed by atoms with Crippen LogP contribution in [0.3, 0.4) is 0 Å². The quantitative estimate of drug-likeness (QED) is 0.382. The molecule has 6 heteroatoms. The molecule has 24 heavy (non-hydrogen) atoms. The number of aromatic nitrogens is 2. The second kappa shape index (κ2) is 6.47. The minimum Gasteiger partial charge on any atom is -0.361 e. The van der Waals surface area contributed by atoms with Crippen molar-refractivity contribution in [2.45, 2.75) is 0 Å². The molecule has 0 saturated heterocycles. The van der Waals surface area contributed by atoms with Gasteiger partial charge >= 0.3 is 0 Å². The van der Waals surface area contributed by atoms with E-state index in [0.717, 1.165) is 37.9 Å². The van der Waals surface area contributed by atoms with E-state index in [2.05, 4.69) is 26.6 Å². The molecule has 0 spiro atoms. The van der Waals surface area contributed by atoms with E-state index in [1.807, 2.05) is 54.0 Å². The number of thiazole rings is 1. The van der Waals surface area contributed by atoms with Gasteiger partial charge in [-0.25, -0.2) is 4.98 Å². The Morgan fingerprint density at radius 2 is 1.96 bits per heavy atom. The van der Waals surface area contributed by atoms with Crippen LogP contribution < -0.4 is 5.43 Å². The van der Waals surface area contributed by atoms with Gasteiger partial charge in [0.05, 0.1) is 11.9 Å². The number of para-hydroxylation sites is 1. The highest BCUT2D eigenvalue weighted by Gasteiger charge is 2.04. The standard InChI is InChI=1S/C18H13ClN4S/c19-14-7-5-12(6-8-14)17-11-24-18(22-17)23-21-10-13-9-20-16-4-2-1-3-15(13)16/h1-11,20H,(H,22,23)/b21-10+. The van der Waals surface area contributed by atoms with Crippen LogP contribution in [0.25, 0.3) is 22.2 Å². The molecule has 0 bridgehead atoms. The Labute approximate surface area is 147 Å². The maximum atomic E-state index is 5.91. The van der Waals surface area contributed by atoms with Crippen molar-refractivity contribution < 1.29 is 0 Å². The summed E-state index contributed by atoms with van der Waals surface area (Å²) in [5, 5.41) is 8.89. The van der Waals surface area contributed by atoms with Crippen LogP contribution in [0.15, 0.2) is 65.2 Å². The second-order valence-electron chi connectivity index (χ2n) is 5.20. The first-order valence-corrected chi connectivity index (χ1v) is 8.62. The monoisotopic (exact) mass is 352 g/mol. The summed E-state index contributed by atoms with van der Waals surface area (Å²) in [6.45, 7) is 0. The van der Waals surface area contributed by atoms with Crippen molar-refractivity contribution in [1.82, 2.24) is 9.97 Å². The van der Waals surface area contributed by atoms with Gasteiger partial charge in [0.15, 0.2) is 0 Å². The lowest BCUT2D eigenvalue weighted by Crippen LogP contribution is -1.89. The van der Waals surface area contributed by atoms with E-state index in [9.17, 15) is 0 Å². The average molecular weight is 353 g/mol. The predicted octanol–water partition coefficient (Wildman–Crippen LogP) is 5.39. The molecule has 0 aliphatic rings. The fraction of sp³-hybridized carbons (Fsp3) is 0. The van der Waals surface area contributed by atoms with Crippen molar-refractivity contribution in [2.75, 3.05) is 5.43 Å². The van der Waals surface area contributed by atoms with Crippen molar-refractivity contribution in [3.63, 3.8) is 0 Å². The fourth-order valence-corrected chi connectivity index (χ4v) is 3.23. The summed E-state index contributed by atoms with van der Waals surface area (Å²) in [7, 11) is 0. The fourth-order valence-electron chi connectivity index (χ4n) is 2.44. The summed E-state index contributed by atoms with van der Waals surface area (Å²) in [4.78, 5) is 7.76. The summed E-state index contributed by atoms with van der Waals surface area (Å²) in [6, 6.07) is 15.8. The summed E-state index contributed by atoms with van der Waals surface area (Å²) in [5.41, 5.74) is 7.05. The first-order valence-electron chi connectivity index (χ1n) is 7.36. The Bertz CT molecular complexity index is 1000. The van der Waals surface area contributed by atoms with Gasteiger partial charge in [0.25, 0.3) is 0 Å². The summed E-state index contributed by atoms with van der Waals surface area (Å²) in [5.74, 6) is 0. The molecule has 4 nitrogen and oxygen atoms in total. The van der Waals surface area contributed by atoms with Crippen LogP contribution in [0.1, 0.15) is 5.56 Å². The molecule has 2 heterocycles. The highest BCUT2D eigenvalue weighted by Crippen LogP contribution is 2.26. The minimum absolute atomic E-state index is 0.718. The first-order chi connectivity index (χ1) is 11.8. The zero-order valence-electron chi connectivity index (χ0n) is 12.5. The molecule has 2 aromatic carbocycles. The Morgan fingerprint density at radius 3 is 2.83 bits per heavy atom. The molecule has 118 valence electrons. The molecule has 4 rings (SSSR count). The van der Waals surface area contributed by atoms with Crippen LogP contribution in [-0.2, 0) is 0 Å². The zero-order chi connectivity index (χ0) is 16.4. The van der Waals surface area contributed by atoms with E-state index < -0.39 is 0 Å². The number of rotatable bonds is 4. The van der Waals surface area contributed by atoms with E-state index in [1.54, 1.807) is 6.21 Å². The molecule has 0 unspecified atom stereocenters. The minimum atomic E-state index is 0.718. The van der Waals surface area contributed by atoms with Crippen LogP contribution in [-0.4, -0.2) is 16.2 Å². The van der Waals surface area contributed by atoms with Gasteiger partial charge in [0.1, 0.15) is 0 Å². The number of hydrogen-bond donors (Lipinski definition) is 2. The lowest BCUT2D eigenvalue weighted by atomic mass is 10.2. The average Bonchev–Trinajstić information content (AvgIpc) is 3.23. The molecular formula is C18H13ClN4S. The highest BCUT2D eigenvalue weighted by atomic mass is 35.5. The Kier molecular flexibility index (Phi) is 4.02. The van der Waals surface area contributed by atoms with E-state index >= 15 is 0 Å². The van der Waals surface area contributed by atoms with Crippen molar-refractivity contribution >= 4 is 45.2 Å². The molecular weight excluding hydrogens is 340 g/mol. The van der Waals surface area contributed by atoms with Gasteiger partial charge in [-0.2, -0.15) is 5.10 Å². The zero-order valence-corrected chi connectivity index (χ0v) is 14.1. The van der Waals surface area contributed by atoms with Crippen molar-refractivity contribution in [2.24, 2.45) is 5.10 Å². The van der Waals surface area contributed by atoms with Gasteiger partial charge in [-0.3, -0.25) is 5.43 Å². The molecule has 0 amide bonds. The van der Waals surface area contributed by atoms with E-state index in [1.165, 1.54) is 11.3 Å². The third-order valence-corrected chi connectivity index (χ3v) is 4.63. The number of anilines is 1. The van der Waals surface area contributed by atoms with Gasteiger partial charge < -0.3 is 4.98 Å². The lowest BCUT2D eigenvalue weighted by molar-refractivity contribution is 1.29.